The molecule has 3 amide bonds. The molecule has 1 N–H and O–H groups in total. The smallest absolute Gasteiger partial charge is 0.294 e. The van der Waals surface area contributed by atoms with E-state index in [1.54, 1.807) is 66.7 Å². The minimum Gasteiger partial charge on any atom is -0.489 e. The number of hydrogen-bond donors (Lipinski definition) is 1. The summed E-state index contributed by atoms with van der Waals surface area (Å²) in [6, 6.07) is 21.8. The summed E-state index contributed by atoms with van der Waals surface area (Å²) >= 11 is 0.767. The van der Waals surface area contributed by atoms with Crippen LogP contribution in [-0.4, -0.2) is 33.4 Å². The molecule has 0 aliphatic carbocycles. The summed E-state index contributed by atoms with van der Waals surface area (Å²) < 4.78 is 5.75. The van der Waals surface area contributed by atoms with Crippen molar-refractivity contribution in [2.45, 2.75) is 6.61 Å². The molecule has 10 heteroatoms. The molecule has 0 aromatic heterocycles. The maximum absolute atomic E-state index is 12.7. The summed E-state index contributed by atoms with van der Waals surface area (Å²) in [7, 11) is 0. The zero-order valence-electron chi connectivity index (χ0n) is 18.2. The molecule has 0 atom stereocenters. The number of hydrogen-bond acceptors (Lipinski definition) is 7. The normalized spacial score (nSPS) is 14.3. The maximum atomic E-state index is 12.7. The Hall–Kier alpha value is -4.44. The monoisotopic (exact) mass is 489 g/mol. The van der Waals surface area contributed by atoms with Crippen LogP contribution in [-0.2, 0) is 16.2 Å². The molecule has 0 spiro atoms. The quantitative estimate of drug-likeness (QED) is 0.273. The van der Waals surface area contributed by atoms with Crippen LogP contribution >= 0.6 is 11.8 Å². The van der Waals surface area contributed by atoms with Gasteiger partial charge in [-0.1, -0.05) is 30.3 Å². The Morgan fingerprint density at radius 2 is 1.77 bits per heavy atom. The number of nitro groups is 1. The van der Waals surface area contributed by atoms with E-state index in [0.29, 0.717) is 17.0 Å². The molecule has 0 unspecified atom stereocenters. The summed E-state index contributed by atoms with van der Waals surface area (Å²) in [6.07, 6.45) is 1.57. The Morgan fingerprint density at radius 3 is 2.49 bits per heavy atom. The molecule has 0 radical (unpaired) electrons. The van der Waals surface area contributed by atoms with Gasteiger partial charge in [-0.3, -0.25) is 29.4 Å². The van der Waals surface area contributed by atoms with Crippen molar-refractivity contribution in [2.24, 2.45) is 0 Å². The maximum Gasteiger partial charge on any atom is 0.294 e. The molecule has 0 bridgehead atoms. The fraction of sp³-hybridized carbons (Fsp3) is 0.0800. The molecule has 1 aliphatic heterocycles. The first kappa shape index (κ1) is 23.7. The number of amides is 3. The number of non-ortho nitro benzene ring substituents is 1. The molecule has 3 aromatic rings. The highest BCUT2D eigenvalue weighted by molar-refractivity contribution is 8.18. The van der Waals surface area contributed by atoms with Gasteiger partial charge in [0.25, 0.3) is 16.8 Å². The Balaban J connectivity index is 1.38. The second-order valence-corrected chi connectivity index (χ2v) is 8.46. The number of nitrogens with zero attached hydrogens (tertiary/aromatic N) is 2. The Bertz CT molecular complexity index is 1310. The highest BCUT2D eigenvalue weighted by atomic mass is 32.2. The standard InChI is InChI=1S/C25H19N3O6S/c29-23(26-19-6-2-1-3-7-19)15-27-24(30)22(35-25(27)31)14-18-5-4-8-21(13-18)34-16-17-9-11-20(12-10-17)28(32)33/h1-14H,15-16H2,(H,26,29)/b22-14-. The third-order valence-corrected chi connectivity index (χ3v) is 5.85. The summed E-state index contributed by atoms with van der Waals surface area (Å²) in [5.41, 5.74) is 1.98. The zero-order valence-corrected chi connectivity index (χ0v) is 19.1. The number of benzene rings is 3. The summed E-state index contributed by atoms with van der Waals surface area (Å²) in [6.45, 7) is -0.177. The first-order valence-corrected chi connectivity index (χ1v) is 11.3. The largest absolute Gasteiger partial charge is 0.489 e. The van der Waals surface area contributed by atoms with Gasteiger partial charge in [0.1, 0.15) is 18.9 Å². The van der Waals surface area contributed by atoms with E-state index < -0.39 is 22.0 Å². The van der Waals surface area contributed by atoms with E-state index in [-0.39, 0.29) is 23.7 Å². The van der Waals surface area contributed by atoms with E-state index in [4.69, 9.17) is 4.74 Å². The zero-order chi connectivity index (χ0) is 24.8. The van der Waals surface area contributed by atoms with Crippen molar-refractivity contribution in [3.05, 3.63) is 105 Å². The predicted molar refractivity (Wildman–Crippen MR) is 132 cm³/mol. The second-order valence-electron chi connectivity index (χ2n) is 7.47. The summed E-state index contributed by atoms with van der Waals surface area (Å²) in [5, 5.41) is 12.9. The number of rotatable bonds is 8. The van der Waals surface area contributed by atoms with Crippen LogP contribution < -0.4 is 10.1 Å². The van der Waals surface area contributed by atoms with Gasteiger partial charge in [0.15, 0.2) is 0 Å². The second kappa shape index (κ2) is 10.7. The fourth-order valence-electron chi connectivity index (χ4n) is 3.23. The summed E-state index contributed by atoms with van der Waals surface area (Å²) in [4.78, 5) is 48.8. The molecule has 4 rings (SSSR count). The minimum absolute atomic E-state index is 0.00207. The number of carbonyl (C=O) groups excluding carboxylic acids is 3. The van der Waals surface area contributed by atoms with Crippen LogP contribution in [0, 0.1) is 10.1 Å². The Labute approximate surface area is 204 Å². The average Bonchev–Trinajstić information content (AvgIpc) is 3.11. The van der Waals surface area contributed by atoms with Gasteiger partial charge in [0.05, 0.1) is 9.83 Å². The van der Waals surface area contributed by atoms with Crippen LogP contribution in [0.4, 0.5) is 16.2 Å². The number of ether oxygens (including phenoxy) is 1. The molecule has 176 valence electrons. The Morgan fingerprint density at radius 1 is 1.03 bits per heavy atom. The Kier molecular flexibility index (Phi) is 7.22. The van der Waals surface area contributed by atoms with Gasteiger partial charge in [-0.25, -0.2) is 0 Å². The lowest BCUT2D eigenvalue weighted by atomic mass is 10.2. The first-order valence-electron chi connectivity index (χ1n) is 10.5. The lowest BCUT2D eigenvalue weighted by Gasteiger charge is -2.12. The van der Waals surface area contributed by atoms with E-state index >= 15 is 0 Å². The number of para-hydroxylation sites is 1. The molecule has 9 nitrogen and oxygen atoms in total. The van der Waals surface area contributed by atoms with Crippen molar-refractivity contribution >= 4 is 46.3 Å². The molecule has 1 heterocycles. The first-order chi connectivity index (χ1) is 16.9. The van der Waals surface area contributed by atoms with Crippen molar-refractivity contribution in [1.82, 2.24) is 4.90 Å². The van der Waals surface area contributed by atoms with Gasteiger partial charge >= 0.3 is 0 Å². The lowest BCUT2D eigenvalue weighted by molar-refractivity contribution is -0.384. The molecule has 0 saturated carbocycles. The van der Waals surface area contributed by atoms with Crippen molar-refractivity contribution in [3.8, 4) is 5.75 Å². The van der Waals surface area contributed by atoms with E-state index in [1.807, 2.05) is 6.07 Å². The van der Waals surface area contributed by atoms with Gasteiger partial charge in [0.2, 0.25) is 5.91 Å². The number of carbonyl (C=O) groups is 3. The van der Waals surface area contributed by atoms with E-state index in [0.717, 1.165) is 22.2 Å². The number of thioether (sulfide) groups is 1. The topological polar surface area (TPSA) is 119 Å². The van der Waals surface area contributed by atoms with Crippen LogP contribution in [0.2, 0.25) is 0 Å². The van der Waals surface area contributed by atoms with Gasteiger partial charge < -0.3 is 10.1 Å². The van der Waals surface area contributed by atoms with Crippen LogP contribution in [0.25, 0.3) is 6.08 Å². The molecule has 3 aromatic carbocycles. The van der Waals surface area contributed by atoms with Crippen LogP contribution in [0.5, 0.6) is 5.75 Å². The van der Waals surface area contributed by atoms with Crippen molar-refractivity contribution in [2.75, 3.05) is 11.9 Å². The number of imide groups is 1. The van der Waals surface area contributed by atoms with Crippen molar-refractivity contribution in [1.29, 1.82) is 0 Å². The van der Waals surface area contributed by atoms with Crippen LogP contribution in [0.3, 0.4) is 0 Å². The van der Waals surface area contributed by atoms with Gasteiger partial charge in [-0.15, -0.1) is 0 Å². The molecule has 35 heavy (non-hydrogen) atoms. The van der Waals surface area contributed by atoms with Crippen molar-refractivity contribution < 1.29 is 24.0 Å². The molecular weight excluding hydrogens is 470 g/mol. The van der Waals surface area contributed by atoms with E-state index in [1.165, 1.54) is 12.1 Å². The predicted octanol–water partition coefficient (Wildman–Crippen LogP) is 4.85. The van der Waals surface area contributed by atoms with Crippen LogP contribution in [0.15, 0.2) is 83.8 Å². The molecule has 1 saturated heterocycles. The number of anilines is 1. The lowest BCUT2D eigenvalue weighted by Crippen LogP contribution is -2.36. The van der Waals surface area contributed by atoms with E-state index in [9.17, 15) is 24.5 Å². The fourth-order valence-corrected chi connectivity index (χ4v) is 4.07. The third-order valence-electron chi connectivity index (χ3n) is 4.94. The molecular formula is C25H19N3O6S. The van der Waals surface area contributed by atoms with Gasteiger partial charge in [-0.2, -0.15) is 0 Å². The minimum atomic E-state index is -0.541. The third kappa shape index (κ3) is 6.12. The molecule has 1 aliphatic rings. The van der Waals surface area contributed by atoms with Gasteiger partial charge in [-0.05, 0) is 65.4 Å². The van der Waals surface area contributed by atoms with Gasteiger partial charge in [0, 0.05) is 17.8 Å². The number of nitrogens with one attached hydrogen (secondary N) is 1. The van der Waals surface area contributed by atoms with E-state index in [2.05, 4.69) is 5.32 Å². The highest BCUT2D eigenvalue weighted by Gasteiger charge is 2.36. The summed E-state index contributed by atoms with van der Waals surface area (Å²) in [5.74, 6) is -0.486. The SMILES string of the molecule is O=C(CN1C(=O)S/C(=C\c2cccc(OCc3ccc([N+](=O)[O-])cc3)c2)C1=O)Nc1ccccc1. The van der Waals surface area contributed by atoms with Crippen molar-refractivity contribution in [3.63, 3.8) is 0 Å². The van der Waals surface area contributed by atoms with Crippen LogP contribution in [0.1, 0.15) is 11.1 Å². The molecule has 1 fully saturated rings. The average molecular weight is 490 g/mol. The highest BCUT2D eigenvalue weighted by Crippen LogP contribution is 2.32. The number of nitro benzene ring substituents is 1.